The molecule has 1 aliphatic carbocycles. The number of halogens is 1. The number of hydrogen-bond donors (Lipinski definition) is 1. The number of rotatable bonds is 12. The van der Waals surface area contributed by atoms with Crippen molar-refractivity contribution in [2.24, 2.45) is 5.92 Å². The first-order valence-electron chi connectivity index (χ1n) is 16.5. The van der Waals surface area contributed by atoms with Crippen LogP contribution < -0.4 is 14.8 Å². The quantitative estimate of drug-likeness (QED) is 0.229. The predicted molar refractivity (Wildman–Crippen MR) is 174 cm³/mol. The third-order valence-corrected chi connectivity index (χ3v) is 9.42. The third kappa shape index (κ3) is 8.00. The molecule has 0 bridgehead atoms. The van der Waals surface area contributed by atoms with Gasteiger partial charge >= 0.3 is 0 Å². The summed E-state index contributed by atoms with van der Waals surface area (Å²) in [6.45, 7) is 8.21. The molecule has 1 aromatic carbocycles. The topological polar surface area (TPSA) is 139 Å². The van der Waals surface area contributed by atoms with Crippen molar-refractivity contribution in [3.8, 4) is 22.8 Å². The molecule has 47 heavy (non-hydrogen) atoms. The Kier molecular flexibility index (Phi) is 10.1. The Morgan fingerprint density at radius 3 is 2.55 bits per heavy atom. The molecule has 0 amide bonds. The number of anilines is 2. The lowest BCUT2D eigenvalue weighted by molar-refractivity contribution is 0.00502. The van der Waals surface area contributed by atoms with Gasteiger partial charge in [-0.1, -0.05) is 17.7 Å². The van der Waals surface area contributed by atoms with E-state index >= 15 is 0 Å². The fraction of sp³-hybridized carbons (Fsp3) is 0.562. The van der Waals surface area contributed by atoms with Gasteiger partial charge in [0.15, 0.2) is 0 Å². The van der Waals surface area contributed by atoms with Crippen molar-refractivity contribution in [3.63, 3.8) is 0 Å². The van der Waals surface area contributed by atoms with Crippen LogP contribution in [-0.2, 0) is 16.0 Å². The first-order valence-corrected chi connectivity index (χ1v) is 16.8. The molecule has 3 aliphatic rings. The Bertz CT molecular complexity index is 1570. The van der Waals surface area contributed by atoms with Gasteiger partial charge in [0.2, 0.25) is 5.95 Å². The summed E-state index contributed by atoms with van der Waals surface area (Å²) in [5.41, 5.74) is 2.47. The Balaban J connectivity index is 1.03. The average Bonchev–Trinajstić information content (AvgIpc) is 3.89. The molecule has 4 aromatic rings. The summed E-state index contributed by atoms with van der Waals surface area (Å²) in [4.78, 5) is 11.8. The fourth-order valence-corrected chi connectivity index (χ4v) is 6.68. The summed E-state index contributed by atoms with van der Waals surface area (Å²) in [6.07, 6.45) is 12.4. The van der Waals surface area contributed by atoms with Crippen molar-refractivity contribution < 1.29 is 18.9 Å². The lowest BCUT2D eigenvalue weighted by atomic mass is 9.90. The molecule has 0 radical (unpaired) electrons. The second-order valence-electron chi connectivity index (χ2n) is 12.5. The van der Waals surface area contributed by atoms with Gasteiger partial charge in [-0.25, -0.2) is 14.6 Å². The van der Waals surface area contributed by atoms with E-state index in [1.54, 1.807) is 23.4 Å². The van der Waals surface area contributed by atoms with E-state index < -0.39 is 0 Å². The van der Waals surface area contributed by atoms with Crippen LogP contribution in [0, 0.1) is 5.92 Å². The van der Waals surface area contributed by atoms with Crippen LogP contribution in [0.2, 0.25) is 5.02 Å². The van der Waals surface area contributed by atoms with Crippen molar-refractivity contribution in [2.75, 3.05) is 51.4 Å². The van der Waals surface area contributed by atoms with Gasteiger partial charge in [0, 0.05) is 49.6 Å². The lowest BCUT2D eigenvalue weighted by Crippen LogP contribution is -2.45. The van der Waals surface area contributed by atoms with E-state index in [0.29, 0.717) is 53.8 Å². The van der Waals surface area contributed by atoms with Crippen LogP contribution in [0.1, 0.15) is 45.1 Å². The van der Waals surface area contributed by atoms with E-state index in [4.69, 9.17) is 35.6 Å². The minimum atomic E-state index is -0.201. The number of ether oxygens (including phenoxy) is 4. The molecular weight excluding hydrogens is 624 g/mol. The molecule has 1 saturated carbocycles. The Hall–Kier alpha value is -3.85. The molecule has 15 heteroatoms. The molecule has 2 aliphatic heterocycles. The maximum atomic E-state index is 6.46. The van der Waals surface area contributed by atoms with Gasteiger partial charge < -0.3 is 24.3 Å². The highest BCUT2D eigenvalue weighted by Crippen LogP contribution is 2.36. The highest BCUT2D eigenvalue weighted by atomic mass is 35.5. The molecule has 1 N–H and O–H groups in total. The number of aromatic nitrogens is 8. The van der Waals surface area contributed by atoms with E-state index in [1.165, 1.54) is 0 Å². The molecule has 5 heterocycles. The Morgan fingerprint density at radius 1 is 1.00 bits per heavy atom. The van der Waals surface area contributed by atoms with Crippen LogP contribution in [0.3, 0.4) is 0 Å². The molecular formula is C32H41ClN10O4. The second-order valence-corrected chi connectivity index (χ2v) is 12.9. The number of nitrogens with one attached hydrogen (secondary N) is 1. The van der Waals surface area contributed by atoms with Crippen molar-refractivity contribution in [1.82, 2.24) is 44.9 Å². The number of tetrazole rings is 1. The monoisotopic (exact) mass is 664 g/mol. The minimum absolute atomic E-state index is 0.201. The average molecular weight is 665 g/mol. The zero-order chi connectivity index (χ0) is 32.0. The molecule has 2 saturated heterocycles. The molecule has 14 nitrogen and oxygen atoms in total. The number of nitrogens with zero attached hydrogens (tertiary/aromatic N) is 9. The largest absolute Gasteiger partial charge is 0.487 e. The minimum Gasteiger partial charge on any atom is -0.487 e. The summed E-state index contributed by atoms with van der Waals surface area (Å²) in [6, 6.07) is 6.56. The smallest absolute Gasteiger partial charge is 0.256 e. The van der Waals surface area contributed by atoms with Crippen LogP contribution >= 0.6 is 11.6 Å². The normalized spacial score (nSPS) is 22.6. The lowest BCUT2D eigenvalue weighted by Gasteiger charge is -2.38. The summed E-state index contributed by atoms with van der Waals surface area (Å²) in [7, 11) is 0. The standard InChI is InChI=1S/C32H41ClN10O4/c1-22(17-42-21-36-39-40-42)47-30-14-24(2-7-28(30)33)25-15-34-32(35-16-25)37-29-18-43(38-31(29)46-20-23-8-11-45-19-23)27-5-3-26(4-6-27)41-9-12-44-13-10-41/h2,7,14-16,18,21-23,26-27H,3-6,8-13,17,19-20H2,1H3,(H,34,35,37)/t22-,23-,26?,27?/m0/s1. The first-order chi connectivity index (χ1) is 23.1. The summed E-state index contributed by atoms with van der Waals surface area (Å²) in [5.74, 6) is 1.95. The van der Waals surface area contributed by atoms with E-state index in [1.807, 2.05) is 31.3 Å². The van der Waals surface area contributed by atoms with E-state index in [9.17, 15) is 0 Å². The van der Waals surface area contributed by atoms with Gasteiger partial charge in [-0.2, -0.15) is 0 Å². The van der Waals surface area contributed by atoms with Gasteiger partial charge in [-0.15, -0.1) is 10.2 Å². The van der Waals surface area contributed by atoms with Crippen molar-refractivity contribution >= 4 is 23.2 Å². The number of morpholine rings is 1. The number of benzene rings is 1. The fourth-order valence-electron chi connectivity index (χ4n) is 6.51. The van der Waals surface area contributed by atoms with Crippen LogP contribution in [-0.4, -0.2) is 103 Å². The zero-order valence-electron chi connectivity index (χ0n) is 26.6. The van der Waals surface area contributed by atoms with E-state index in [-0.39, 0.29) is 6.10 Å². The zero-order valence-corrected chi connectivity index (χ0v) is 27.3. The molecule has 0 spiro atoms. The van der Waals surface area contributed by atoms with Crippen LogP contribution in [0.5, 0.6) is 11.6 Å². The maximum absolute atomic E-state index is 6.46. The van der Waals surface area contributed by atoms with Gasteiger partial charge in [0.05, 0.1) is 50.2 Å². The van der Waals surface area contributed by atoms with Gasteiger partial charge in [0.25, 0.3) is 5.88 Å². The molecule has 3 fully saturated rings. The molecule has 3 aromatic heterocycles. The molecule has 7 rings (SSSR count). The molecule has 2 atom stereocenters. The number of hydrogen-bond acceptors (Lipinski definition) is 12. The first kappa shape index (κ1) is 31.7. The highest BCUT2D eigenvalue weighted by molar-refractivity contribution is 6.32. The SMILES string of the molecule is C[C@@H](Cn1cnnn1)Oc1cc(-c2cnc(Nc3cn(C4CCC(N5CCOCC5)CC4)nc3OC[C@H]3CCOC3)nc2)ccc1Cl. The molecule has 250 valence electrons. The summed E-state index contributed by atoms with van der Waals surface area (Å²) < 4.78 is 27.2. The highest BCUT2D eigenvalue weighted by Gasteiger charge is 2.29. The third-order valence-electron chi connectivity index (χ3n) is 9.11. The maximum Gasteiger partial charge on any atom is 0.256 e. The van der Waals surface area contributed by atoms with E-state index in [2.05, 4.69) is 40.4 Å². The van der Waals surface area contributed by atoms with E-state index in [0.717, 1.165) is 88.4 Å². The summed E-state index contributed by atoms with van der Waals surface area (Å²) in [5, 5.41) is 20.0. The van der Waals surface area contributed by atoms with Gasteiger partial charge in [-0.3, -0.25) is 9.58 Å². The van der Waals surface area contributed by atoms with Crippen molar-refractivity contribution in [1.29, 1.82) is 0 Å². The van der Waals surface area contributed by atoms with Crippen LogP contribution in [0.4, 0.5) is 11.6 Å². The van der Waals surface area contributed by atoms with Gasteiger partial charge in [0.1, 0.15) is 23.9 Å². The Morgan fingerprint density at radius 2 is 1.81 bits per heavy atom. The molecule has 0 unspecified atom stereocenters. The summed E-state index contributed by atoms with van der Waals surface area (Å²) >= 11 is 6.46. The van der Waals surface area contributed by atoms with Crippen molar-refractivity contribution in [3.05, 3.63) is 48.1 Å². The Labute approximate surface area is 278 Å². The van der Waals surface area contributed by atoms with Crippen LogP contribution in [0.25, 0.3) is 11.1 Å². The van der Waals surface area contributed by atoms with Gasteiger partial charge in [-0.05, 0) is 67.2 Å². The second kappa shape index (κ2) is 14.9. The van der Waals surface area contributed by atoms with Crippen molar-refractivity contribution in [2.45, 2.75) is 63.8 Å². The van der Waals surface area contributed by atoms with Crippen LogP contribution in [0.15, 0.2) is 43.1 Å². The predicted octanol–water partition coefficient (Wildman–Crippen LogP) is 4.42.